The first-order valence-corrected chi connectivity index (χ1v) is 32.7. The van der Waals surface area contributed by atoms with Crippen LogP contribution in [0.1, 0.15) is 102 Å². The molecule has 0 fully saturated rings. The molecule has 2 atom stereocenters. The van der Waals surface area contributed by atoms with Crippen LogP contribution in [0, 0.1) is 69.2 Å². The van der Waals surface area contributed by atoms with Gasteiger partial charge in [-0.2, -0.15) is 0 Å². The van der Waals surface area contributed by atoms with Crippen LogP contribution in [0.3, 0.4) is 0 Å². The Morgan fingerprint density at radius 2 is 0.893 bits per heavy atom. The summed E-state index contributed by atoms with van der Waals surface area (Å²) in [6.45, 7) is 22.0. The van der Waals surface area contributed by atoms with Crippen molar-refractivity contribution >= 4 is 46.2 Å². The maximum atomic E-state index is 7.43. The molecule has 2 heterocycles. The van der Waals surface area contributed by atoms with E-state index in [1.54, 1.807) is 0 Å². The third-order valence-corrected chi connectivity index (χ3v) is 34.0. The Labute approximate surface area is 349 Å². The Hall–Kier alpha value is -3.40. The molecule has 2 aromatic heterocycles. The molecule has 56 heavy (non-hydrogen) atoms. The number of hydrogen-bond donors (Lipinski definition) is 0. The van der Waals surface area contributed by atoms with E-state index in [0.29, 0.717) is 0 Å². The van der Waals surface area contributed by atoms with E-state index in [0.717, 1.165) is 35.1 Å². The van der Waals surface area contributed by atoms with Crippen molar-refractivity contribution in [3.8, 4) is 22.3 Å². The fourth-order valence-corrected chi connectivity index (χ4v) is 24.8. The molecular formula is C50H51Cl2O2SiZr. The van der Waals surface area contributed by atoms with Crippen LogP contribution >= 0.6 is 17.0 Å². The van der Waals surface area contributed by atoms with Crippen molar-refractivity contribution in [3.05, 3.63) is 163 Å². The Morgan fingerprint density at radius 3 is 1.21 bits per heavy atom. The first-order valence-electron chi connectivity index (χ1n) is 19.9. The fraction of sp³-hybridized carbons (Fsp3) is 0.280. The number of halogens is 2. The third kappa shape index (κ3) is 7.30. The quantitative estimate of drug-likeness (QED) is 0.135. The molecule has 2 aliphatic rings. The molecule has 6 heteroatoms. The molecule has 0 bridgehead atoms. The summed E-state index contributed by atoms with van der Waals surface area (Å²) in [6, 6.07) is 29.3. The molecule has 2 aliphatic carbocycles. The van der Waals surface area contributed by atoms with Crippen LogP contribution < -0.4 is 0 Å². The number of rotatable bonds is 9. The van der Waals surface area contributed by atoms with Gasteiger partial charge in [-0.3, -0.25) is 0 Å². The Balaban J connectivity index is 1.26. The maximum absolute atomic E-state index is 7.43. The van der Waals surface area contributed by atoms with Crippen LogP contribution in [-0.4, -0.2) is 5.92 Å². The van der Waals surface area contributed by atoms with Gasteiger partial charge in [0.1, 0.15) is 0 Å². The van der Waals surface area contributed by atoms with Crippen LogP contribution in [-0.2, 0) is 18.5 Å². The van der Waals surface area contributed by atoms with Gasteiger partial charge in [0.05, 0.1) is 0 Å². The summed E-state index contributed by atoms with van der Waals surface area (Å²) in [5.41, 5.74) is 23.5. The molecule has 6 aromatic rings. The van der Waals surface area contributed by atoms with Crippen molar-refractivity contribution in [2.75, 3.05) is 0 Å². The molecule has 285 valence electrons. The summed E-state index contributed by atoms with van der Waals surface area (Å²) in [4.78, 5) is 0. The second-order valence-electron chi connectivity index (χ2n) is 16.7. The van der Waals surface area contributed by atoms with Crippen LogP contribution in [0.5, 0.6) is 0 Å². The summed E-state index contributed by atoms with van der Waals surface area (Å²) >= 11 is -2.80. The van der Waals surface area contributed by atoms with E-state index >= 15 is 0 Å². The molecule has 4 aromatic carbocycles. The first-order chi connectivity index (χ1) is 26.7. The van der Waals surface area contributed by atoms with E-state index in [9.17, 15) is 0 Å². The summed E-state index contributed by atoms with van der Waals surface area (Å²) < 4.78 is 12.9. The zero-order valence-electron chi connectivity index (χ0n) is 34.3. The van der Waals surface area contributed by atoms with Crippen molar-refractivity contribution in [2.24, 2.45) is 0 Å². The summed E-state index contributed by atoms with van der Waals surface area (Å²) in [5.74, 6) is 2.33. The molecule has 0 amide bonds. The van der Waals surface area contributed by atoms with Gasteiger partial charge in [0.2, 0.25) is 0 Å². The van der Waals surface area contributed by atoms with E-state index in [1.807, 2.05) is 13.8 Å². The second kappa shape index (κ2) is 15.4. The standard InChI is InChI=1S/C50H51O2Si.2ClH.Zr/c1-27-15-28(2)18-37(17-27)49-35(9)31(5)21-39-43(49)23-41(47-13-11-33(7)51-47)45(39)25-53-26-46-40-22-32(6)36(10)50(38-19-29(3)16-30(4)20-38)44(40)24-42(46)48-14-12-34(8)52-48;;;/h11-24,45-46,53H,25-26H2,1-10H3;2*1H;/q;;;+2/p-2. The molecule has 0 N–H and O–H groups in total. The van der Waals surface area contributed by atoms with Crippen LogP contribution in [0.25, 0.3) is 45.6 Å². The Kier molecular flexibility index (Phi) is 10.8. The van der Waals surface area contributed by atoms with Gasteiger partial charge < -0.3 is 0 Å². The van der Waals surface area contributed by atoms with Gasteiger partial charge in [-0.25, -0.2) is 0 Å². The zero-order valence-corrected chi connectivity index (χ0v) is 39.4. The van der Waals surface area contributed by atoms with Gasteiger partial charge in [0.15, 0.2) is 0 Å². The van der Waals surface area contributed by atoms with E-state index in [1.165, 1.54) is 100 Å². The van der Waals surface area contributed by atoms with Crippen LogP contribution in [0.2, 0.25) is 12.1 Å². The zero-order chi connectivity index (χ0) is 39.7. The number of benzene rings is 4. The number of aryl methyl sites for hydroxylation is 8. The molecule has 0 radical (unpaired) electrons. The van der Waals surface area contributed by atoms with Crippen molar-refractivity contribution in [3.63, 3.8) is 0 Å². The van der Waals surface area contributed by atoms with Crippen LogP contribution in [0.4, 0.5) is 0 Å². The van der Waals surface area contributed by atoms with E-state index in [4.69, 9.17) is 25.9 Å². The number of allylic oxidation sites excluding steroid dienone is 2. The normalized spacial score (nSPS) is 16.5. The van der Waals surface area contributed by atoms with Crippen molar-refractivity contribution in [1.29, 1.82) is 0 Å². The SMILES string of the molecule is Cc1cc(C)cc(-c2c(C)c(C)cc3c2C=C(c2ccc(C)o2)C3C[SiH](CC2C(c3ccc(C)o3)=Cc3c2cc(C)c(C)c3-c2cc(C)cc(C)c2)[Zr]([Cl])[Cl])c1. The van der Waals surface area contributed by atoms with E-state index in [-0.39, 0.29) is 11.8 Å². The van der Waals surface area contributed by atoms with Crippen LogP contribution in [0.15, 0.2) is 81.6 Å². The predicted molar refractivity (Wildman–Crippen MR) is 238 cm³/mol. The average Bonchev–Trinajstić information content (AvgIpc) is 3.91. The summed E-state index contributed by atoms with van der Waals surface area (Å²) in [5, 5.41) is 0. The number of furan rings is 2. The van der Waals surface area contributed by atoms with E-state index < -0.39 is 24.4 Å². The Morgan fingerprint density at radius 1 is 0.518 bits per heavy atom. The molecule has 0 saturated heterocycles. The van der Waals surface area contributed by atoms with Crippen molar-refractivity contribution < 1.29 is 27.4 Å². The molecule has 0 saturated carbocycles. The van der Waals surface area contributed by atoms with Gasteiger partial charge in [-0.15, -0.1) is 0 Å². The molecule has 8 rings (SSSR count). The van der Waals surface area contributed by atoms with Gasteiger partial charge >= 0.3 is 352 Å². The van der Waals surface area contributed by atoms with Gasteiger partial charge in [0.25, 0.3) is 0 Å². The molecule has 2 nitrogen and oxygen atoms in total. The average molecular weight is 874 g/mol. The molecule has 0 aliphatic heterocycles. The number of fused-ring (bicyclic) bond motifs is 2. The summed E-state index contributed by atoms with van der Waals surface area (Å²) in [6.07, 6.45) is 4.86. The van der Waals surface area contributed by atoms with Gasteiger partial charge in [-0.05, 0) is 0 Å². The Bertz CT molecular complexity index is 2390. The van der Waals surface area contributed by atoms with Gasteiger partial charge in [-0.1, -0.05) is 0 Å². The summed E-state index contributed by atoms with van der Waals surface area (Å²) in [7, 11) is 14.9. The second-order valence-corrected chi connectivity index (χ2v) is 40.2. The topological polar surface area (TPSA) is 26.3 Å². The van der Waals surface area contributed by atoms with Crippen molar-refractivity contribution in [1.82, 2.24) is 0 Å². The van der Waals surface area contributed by atoms with Crippen molar-refractivity contribution in [2.45, 2.75) is 93.2 Å². The minimum atomic E-state index is -2.80. The third-order valence-electron chi connectivity index (χ3n) is 12.4. The fourth-order valence-electron chi connectivity index (χ4n) is 9.66. The molecule has 0 spiro atoms. The molecular weight excluding hydrogens is 823 g/mol. The molecule has 2 unspecified atom stereocenters. The first kappa shape index (κ1) is 39.4. The van der Waals surface area contributed by atoms with Gasteiger partial charge in [0, 0.05) is 0 Å². The van der Waals surface area contributed by atoms with E-state index in [2.05, 4.69) is 140 Å². The monoisotopic (exact) mass is 871 g/mol. The number of hydrogen-bond acceptors (Lipinski definition) is 2. The minimum absolute atomic E-state index is 0.161. The predicted octanol–water partition coefficient (Wildman–Crippen LogP) is 14.9.